The Labute approximate surface area is 97.4 Å². The lowest BCUT2D eigenvalue weighted by Crippen LogP contribution is -2.29. The molecule has 0 amide bonds. The molecule has 0 aliphatic carbocycles. The summed E-state index contributed by atoms with van der Waals surface area (Å²) in [6, 6.07) is 7.11. The van der Waals surface area contributed by atoms with Crippen molar-refractivity contribution in [3.05, 3.63) is 24.3 Å². The van der Waals surface area contributed by atoms with E-state index in [9.17, 15) is 4.79 Å². The Balaban J connectivity index is 2.55. The van der Waals surface area contributed by atoms with Gasteiger partial charge in [-0.1, -0.05) is 19.6 Å². The highest BCUT2D eigenvalue weighted by Crippen LogP contribution is 2.18. The van der Waals surface area contributed by atoms with Gasteiger partial charge in [0.25, 0.3) is 0 Å². The average Bonchev–Trinajstić information content (AvgIpc) is 2.14. The van der Waals surface area contributed by atoms with Crippen LogP contribution < -0.4 is 9.47 Å². The predicted octanol–water partition coefficient (Wildman–Crippen LogP) is 2.87. The van der Waals surface area contributed by atoms with Gasteiger partial charge in [-0.15, -0.1) is 0 Å². The van der Waals surface area contributed by atoms with Crippen molar-refractivity contribution in [3.63, 3.8) is 0 Å². The van der Waals surface area contributed by atoms with Crippen LogP contribution in [0, 0.1) is 0 Å². The molecular weight excluding hydrogens is 220 g/mol. The third-order valence-electron chi connectivity index (χ3n) is 1.76. The first-order chi connectivity index (χ1) is 7.37. The Morgan fingerprint density at radius 2 is 1.62 bits per heavy atom. The van der Waals surface area contributed by atoms with Gasteiger partial charge >= 0.3 is 5.97 Å². The smallest absolute Gasteiger partial charge is 0.308 e. The fourth-order valence-electron chi connectivity index (χ4n) is 1.07. The zero-order valence-corrected chi connectivity index (χ0v) is 11.2. The summed E-state index contributed by atoms with van der Waals surface area (Å²) in [7, 11) is -1.19. The summed E-state index contributed by atoms with van der Waals surface area (Å²) in [6.45, 7) is 8.14. The number of hydrogen-bond donors (Lipinski definition) is 0. The number of carbonyl (C=O) groups excluding carboxylic acids is 1. The van der Waals surface area contributed by atoms with Crippen molar-refractivity contribution in [3.8, 4) is 11.5 Å². The molecule has 0 N–H and O–H groups in total. The lowest BCUT2D eigenvalue weighted by atomic mass is 10.3. The third kappa shape index (κ3) is 4.98. The Hall–Kier alpha value is -1.29. The van der Waals surface area contributed by atoms with Crippen molar-refractivity contribution >= 4 is 14.0 Å². The van der Waals surface area contributed by atoms with E-state index in [0.717, 1.165) is 12.0 Å². The third-order valence-corrected chi connectivity index (χ3v) is 2.77. The Morgan fingerprint density at radius 3 is 2.06 bits per heavy atom. The number of carbonyl (C=O) groups is 1. The van der Waals surface area contributed by atoms with E-state index in [1.165, 1.54) is 6.92 Å². The van der Waals surface area contributed by atoms with Crippen molar-refractivity contribution in [2.24, 2.45) is 0 Å². The van der Waals surface area contributed by atoms with Crippen LogP contribution in [-0.2, 0) is 4.79 Å². The molecule has 88 valence electrons. The van der Waals surface area contributed by atoms with E-state index in [1.807, 2.05) is 12.1 Å². The molecule has 4 heteroatoms. The zero-order chi connectivity index (χ0) is 12.2. The summed E-state index contributed by atoms with van der Waals surface area (Å²) in [5, 5.41) is 0. The van der Waals surface area contributed by atoms with Crippen molar-refractivity contribution in [2.45, 2.75) is 26.6 Å². The van der Waals surface area contributed by atoms with Gasteiger partial charge in [-0.05, 0) is 24.3 Å². The van der Waals surface area contributed by atoms with Gasteiger partial charge < -0.3 is 9.47 Å². The van der Waals surface area contributed by atoms with Gasteiger partial charge in [-0.3, -0.25) is 4.79 Å². The minimum absolute atomic E-state index is 0.309. The number of ether oxygens (including phenoxy) is 2. The lowest BCUT2D eigenvalue weighted by molar-refractivity contribution is -0.131. The monoisotopic (exact) mass is 238 g/mol. The molecule has 0 saturated carbocycles. The molecule has 0 fully saturated rings. The first-order valence-electron chi connectivity index (χ1n) is 5.28. The molecule has 0 aliphatic heterocycles. The molecule has 1 rings (SSSR count). The van der Waals surface area contributed by atoms with E-state index in [-0.39, 0.29) is 5.97 Å². The minimum Gasteiger partial charge on any atom is -0.497 e. The number of rotatable bonds is 4. The number of hydrogen-bond acceptors (Lipinski definition) is 3. The largest absolute Gasteiger partial charge is 0.497 e. The summed E-state index contributed by atoms with van der Waals surface area (Å²) in [6.07, 6.45) is 0.792. The van der Waals surface area contributed by atoms with Gasteiger partial charge in [0.15, 0.2) is 0 Å². The highest BCUT2D eigenvalue weighted by atomic mass is 28.3. The van der Waals surface area contributed by atoms with E-state index >= 15 is 0 Å². The van der Waals surface area contributed by atoms with Crippen LogP contribution in [0.5, 0.6) is 11.5 Å². The van der Waals surface area contributed by atoms with Gasteiger partial charge in [0.1, 0.15) is 11.5 Å². The van der Waals surface area contributed by atoms with Gasteiger partial charge in [0, 0.05) is 6.92 Å². The summed E-state index contributed by atoms with van der Waals surface area (Å²) >= 11 is 0. The first-order valence-corrected chi connectivity index (χ1v) is 8.99. The van der Waals surface area contributed by atoms with E-state index < -0.39 is 8.07 Å². The normalized spacial score (nSPS) is 11.0. The van der Waals surface area contributed by atoms with Crippen molar-refractivity contribution in [2.75, 3.05) is 6.23 Å². The Morgan fingerprint density at radius 1 is 1.12 bits per heavy atom. The molecule has 1 aromatic rings. The second kappa shape index (κ2) is 5.16. The molecule has 0 saturated heterocycles. The van der Waals surface area contributed by atoms with Crippen molar-refractivity contribution < 1.29 is 14.3 Å². The van der Waals surface area contributed by atoms with Crippen LogP contribution in [-0.4, -0.2) is 20.3 Å². The molecule has 0 aromatic heterocycles. The van der Waals surface area contributed by atoms with Crippen molar-refractivity contribution in [1.29, 1.82) is 0 Å². The fourth-order valence-corrected chi connectivity index (χ4v) is 1.67. The average molecular weight is 238 g/mol. The highest BCUT2D eigenvalue weighted by molar-refractivity contribution is 6.76. The van der Waals surface area contributed by atoms with E-state index in [2.05, 4.69) is 19.6 Å². The van der Waals surface area contributed by atoms with Gasteiger partial charge in [-0.2, -0.15) is 0 Å². The van der Waals surface area contributed by atoms with Gasteiger partial charge in [0.05, 0.1) is 14.3 Å². The molecule has 0 heterocycles. The second-order valence-electron chi connectivity index (χ2n) is 4.91. The van der Waals surface area contributed by atoms with Crippen LogP contribution in [0.1, 0.15) is 6.92 Å². The second-order valence-corrected chi connectivity index (χ2v) is 10.3. The lowest BCUT2D eigenvalue weighted by Gasteiger charge is -2.16. The molecule has 0 spiro atoms. The fraction of sp³-hybridized carbons (Fsp3) is 0.417. The van der Waals surface area contributed by atoms with Gasteiger partial charge in [-0.25, -0.2) is 0 Å². The topological polar surface area (TPSA) is 35.5 Å². The van der Waals surface area contributed by atoms with Crippen LogP contribution in [0.15, 0.2) is 24.3 Å². The summed E-state index contributed by atoms with van der Waals surface area (Å²) in [5.41, 5.74) is 0. The van der Waals surface area contributed by atoms with Crippen LogP contribution in [0.3, 0.4) is 0 Å². The van der Waals surface area contributed by atoms with Gasteiger partial charge in [0.2, 0.25) is 0 Å². The minimum atomic E-state index is -1.19. The van der Waals surface area contributed by atoms with Crippen LogP contribution in [0.4, 0.5) is 0 Å². The molecular formula is C12H18O3Si. The molecule has 1 aromatic carbocycles. The Kier molecular flexibility index (Phi) is 4.12. The maximum atomic E-state index is 10.7. The summed E-state index contributed by atoms with van der Waals surface area (Å²) in [4.78, 5) is 10.7. The number of esters is 1. The predicted molar refractivity (Wildman–Crippen MR) is 66.6 cm³/mol. The van der Waals surface area contributed by atoms with E-state index in [0.29, 0.717) is 5.75 Å². The summed E-state index contributed by atoms with van der Waals surface area (Å²) in [5.74, 6) is 1.06. The van der Waals surface area contributed by atoms with Crippen LogP contribution >= 0.6 is 0 Å². The maximum Gasteiger partial charge on any atom is 0.308 e. The highest BCUT2D eigenvalue weighted by Gasteiger charge is 2.13. The van der Waals surface area contributed by atoms with Crippen LogP contribution in [0.2, 0.25) is 19.6 Å². The molecule has 0 unspecified atom stereocenters. The molecule has 0 radical (unpaired) electrons. The summed E-state index contributed by atoms with van der Waals surface area (Å²) < 4.78 is 10.6. The van der Waals surface area contributed by atoms with E-state index in [1.54, 1.807) is 12.1 Å². The SMILES string of the molecule is CC(=O)Oc1ccc(OC[Si](C)(C)C)cc1. The zero-order valence-electron chi connectivity index (χ0n) is 10.2. The quantitative estimate of drug-likeness (QED) is 0.459. The molecule has 16 heavy (non-hydrogen) atoms. The van der Waals surface area contributed by atoms with Crippen molar-refractivity contribution in [1.82, 2.24) is 0 Å². The molecule has 3 nitrogen and oxygen atoms in total. The number of benzene rings is 1. The maximum absolute atomic E-state index is 10.7. The molecule has 0 bridgehead atoms. The molecule has 0 aliphatic rings. The van der Waals surface area contributed by atoms with Crippen LogP contribution in [0.25, 0.3) is 0 Å². The standard InChI is InChI=1S/C12H18O3Si/c1-10(13)15-12-7-5-11(6-8-12)14-9-16(2,3)4/h5-8H,9H2,1-4H3. The van der Waals surface area contributed by atoms with E-state index in [4.69, 9.17) is 9.47 Å². The Bertz CT molecular complexity index is 352. The molecule has 0 atom stereocenters. The first kappa shape index (κ1) is 12.8.